The number of fused-ring (bicyclic) bond motifs is 3. The monoisotopic (exact) mass is 677 g/mol. The number of hydrogen-bond acceptors (Lipinski definition) is 7. The second-order valence-corrected chi connectivity index (χ2v) is 14.8. The first-order valence-corrected chi connectivity index (χ1v) is 17.9. The standard InChI is InChI=1S/C39H47N7O4/c1-38(12-16-45(17-13-38)34(48)18-26-11-15-41-22-26)37(50)46(24-29-7-4-3-6-28(29)23-40-2)25-33(47)43-31-10-9-27-20-39(21-30(27)19-31)32-8-5-14-42-35(32)44-36(39)49/h3-10,14,19,26,40-41H,11-13,15-18,20-25H2,1-2H3,(H,43,47)(H,42,44,49)/t26-,39-/m1/s1. The van der Waals surface area contributed by atoms with Crippen molar-refractivity contribution < 1.29 is 19.2 Å². The fraction of sp³-hybridized carbons (Fsp3) is 0.462. The quantitative estimate of drug-likeness (QED) is 0.259. The molecule has 2 aromatic carbocycles. The second-order valence-electron chi connectivity index (χ2n) is 14.8. The van der Waals surface area contributed by atoms with Crippen LogP contribution in [0.4, 0.5) is 11.5 Å². The molecule has 50 heavy (non-hydrogen) atoms. The third-order valence-corrected chi connectivity index (χ3v) is 11.3. The van der Waals surface area contributed by atoms with E-state index < -0.39 is 10.8 Å². The van der Waals surface area contributed by atoms with Crippen LogP contribution in [0.3, 0.4) is 0 Å². The molecule has 1 aliphatic carbocycles. The average molecular weight is 678 g/mol. The van der Waals surface area contributed by atoms with Crippen molar-refractivity contribution in [3.8, 4) is 0 Å². The summed E-state index contributed by atoms with van der Waals surface area (Å²) >= 11 is 0. The molecule has 3 aliphatic heterocycles. The minimum atomic E-state index is -0.696. The zero-order valence-electron chi connectivity index (χ0n) is 29.0. The van der Waals surface area contributed by atoms with E-state index in [-0.39, 0.29) is 30.2 Å². The summed E-state index contributed by atoms with van der Waals surface area (Å²) in [5, 5.41) is 12.5. The van der Waals surface area contributed by atoms with Gasteiger partial charge >= 0.3 is 0 Å². The Bertz CT molecular complexity index is 1800. The Balaban J connectivity index is 1.05. The number of carbonyl (C=O) groups is 4. The summed E-state index contributed by atoms with van der Waals surface area (Å²) in [4.78, 5) is 62.4. The summed E-state index contributed by atoms with van der Waals surface area (Å²) in [7, 11) is 1.89. The third kappa shape index (κ3) is 6.64. The molecule has 1 spiro atoms. The first kappa shape index (κ1) is 33.9. The van der Waals surface area contributed by atoms with E-state index in [9.17, 15) is 19.2 Å². The van der Waals surface area contributed by atoms with Crippen molar-refractivity contribution in [1.29, 1.82) is 0 Å². The van der Waals surface area contributed by atoms with E-state index in [4.69, 9.17) is 0 Å². The van der Waals surface area contributed by atoms with Crippen LogP contribution in [0.25, 0.3) is 0 Å². The fourth-order valence-corrected chi connectivity index (χ4v) is 8.31. The van der Waals surface area contributed by atoms with Gasteiger partial charge in [-0.2, -0.15) is 0 Å². The fourth-order valence-electron chi connectivity index (χ4n) is 8.31. The molecule has 0 radical (unpaired) electrons. The number of aromatic nitrogens is 1. The number of nitrogens with zero attached hydrogens (tertiary/aromatic N) is 3. The lowest BCUT2D eigenvalue weighted by Gasteiger charge is -2.41. The highest BCUT2D eigenvalue weighted by atomic mass is 16.2. The van der Waals surface area contributed by atoms with Gasteiger partial charge in [-0.25, -0.2) is 4.98 Å². The van der Waals surface area contributed by atoms with E-state index >= 15 is 0 Å². The van der Waals surface area contributed by atoms with Gasteiger partial charge < -0.3 is 31.1 Å². The van der Waals surface area contributed by atoms with Crippen molar-refractivity contribution in [1.82, 2.24) is 25.4 Å². The van der Waals surface area contributed by atoms with Crippen LogP contribution in [0.5, 0.6) is 0 Å². The zero-order valence-corrected chi connectivity index (χ0v) is 29.0. The summed E-state index contributed by atoms with van der Waals surface area (Å²) < 4.78 is 0. The molecule has 2 fully saturated rings. The van der Waals surface area contributed by atoms with Crippen LogP contribution in [0, 0.1) is 11.3 Å². The summed E-state index contributed by atoms with van der Waals surface area (Å²) in [6.45, 7) is 5.73. The molecule has 0 bridgehead atoms. The van der Waals surface area contributed by atoms with Crippen LogP contribution in [0.15, 0.2) is 60.8 Å². The number of rotatable bonds is 10. The number of amides is 4. The van der Waals surface area contributed by atoms with Gasteiger partial charge in [0.15, 0.2) is 0 Å². The van der Waals surface area contributed by atoms with Gasteiger partial charge in [0.05, 0.1) is 5.41 Å². The number of carbonyl (C=O) groups excluding carboxylic acids is 4. The van der Waals surface area contributed by atoms with Gasteiger partial charge in [-0.1, -0.05) is 43.3 Å². The van der Waals surface area contributed by atoms with E-state index in [0.29, 0.717) is 75.7 Å². The van der Waals surface area contributed by atoms with Crippen molar-refractivity contribution in [2.75, 3.05) is 50.4 Å². The van der Waals surface area contributed by atoms with Crippen LogP contribution in [-0.2, 0) is 50.5 Å². The van der Waals surface area contributed by atoms with E-state index in [0.717, 1.165) is 47.3 Å². The molecule has 4 aliphatic rings. The predicted octanol–water partition coefficient (Wildman–Crippen LogP) is 3.39. The van der Waals surface area contributed by atoms with E-state index in [1.807, 2.05) is 73.5 Å². The van der Waals surface area contributed by atoms with Crippen molar-refractivity contribution in [2.24, 2.45) is 11.3 Å². The second kappa shape index (κ2) is 14.0. The van der Waals surface area contributed by atoms with Crippen LogP contribution >= 0.6 is 0 Å². The van der Waals surface area contributed by atoms with Gasteiger partial charge in [-0.3, -0.25) is 19.2 Å². The maximum Gasteiger partial charge on any atom is 0.244 e. The molecule has 4 heterocycles. The first-order valence-electron chi connectivity index (χ1n) is 17.9. The van der Waals surface area contributed by atoms with E-state index in [2.05, 4.69) is 26.3 Å². The highest BCUT2D eigenvalue weighted by molar-refractivity contribution is 6.06. The minimum Gasteiger partial charge on any atom is -0.343 e. The Hall–Kier alpha value is -4.61. The lowest BCUT2D eigenvalue weighted by molar-refractivity contribution is -0.149. The number of benzene rings is 2. The summed E-state index contributed by atoms with van der Waals surface area (Å²) in [5.41, 5.74) is 4.30. The summed E-state index contributed by atoms with van der Waals surface area (Å²) in [5.74, 6) is 0.760. The Morgan fingerprint density at radius 1 is 1.02 bits per heavy atom. The lowest BCUT2D eigenvalue weighted by atomic mass is 9.78. The molecule has 0 unspecified atom stereocenters. The van der Waals surface area contributed by atoms with Crippen molar-refractivity contribution >= 4 is 35.1 Å². The molecule has 0 saturated carbocycles. The van der Waals surface area contributed by atoms with E-state index in [1.165, 1.54) is 0 Å². The average Bonchev–Trinajstić information content (AvgIpc) is 3.83. The Kier molecular flexibility index (Phi) is 9.45. The molecule has 11 nitrogen and oxygen atoms in total. The molecular weight excluding hydrogens is 630 g/mol. The zero-order chi connectivity index (χ0) is 34.9. The number of nitrogens with one attached hydrogen (secondary N) is 4. The predicted molar refractivity (Wildman–Crippen MR) is 191 cm³/mol. The largest absolute Gasteiger partial charge is 0.343 e. The van der Waals surface area contributed by atoms with Gasteiger partial charge in [0.2, 0.25) is 23.6 Å². The van der Waals surface area contributed by atoms with Crippen LogP contribution in [0.2, 0.25) is 0 Å². The van der Waals surface area contributed by atoms with Gasteiger partial charge in [-0.15, -0.1) is 0 Å². The van der Waals surface area contributed by atoms with Gasteiger partial charge in [0.1, 0.15) is 12.4 Å². The summed E-state index contributed by atoms with van der Waals surface area (Å²) in [6.07, 6.45) is 5.46. The highest BCUT2D eigenvalue weighted by Crippen LogP contribution is 2.47. The molecule has 2 atom stereocenters. The molecule has 3 aromatic rings. The number of pyridine rings is 1. The molecule has 4 amide bonds. The summed E-state index contributed by atoms with van der Waals surface area (Å²) in [6, 6.07) is 17.6. The molecule has 11 heteroatoms. The van der Waals surface area contributed by atoms with Crippen molar-refractivity contribution in [3.05, 3.63) is 88.6 Å². The topological polar surface area (TPSA) is 136 Å². The maximum absolute atomic E-state index is 14.4. The smallest absolute Gasteiger partial charge is 0.244 e. The van der Waals surface area contributed by atoms with Crippen LogP contribution in [-0.4, -0.2) is 78.2 Å². The molecular formula is C39H47N7O4. The molecule has 2 saturated heterocycles. The van der Waals surface area contributed by atoms with Gasteiger partial charge in [0, 0.05) is 55.5 Å². The number of hydrogen-bond donors (Lipinski definition) is 4. The van der Waals surface area contributed by atoms with Crippen LogP contribution in [0.1, 0.15) is 60.4 Å². The molecule has 262 valence electrons. The first-order chi connectivity index (χ1) is 24.2. The van der Waals surface area contributed by atoms with Gasteiger partial charge in [-0.05, 0) is 98.6 Å². The minimum absolute atomic E-state index is 0.0458. The SMILES string of the molecule is CNCc1ccccc1CN(CC(=O)Nc1ccc2c(c1)C[C@@]1(C2)C(=O)Nc2ncccc21)C(=O)C1(C)CCN(C(=O)C[C@H]2CCNC2)CC1. The van der Waals surface area contributed by atoms with Crippen molar-refractivity contribution in [3.63, 3.8) is 0 Å². The number of likely N-dealkylation sites (tertiary alicyclic amines) is 1. The lowest BCUT2D eigenvalue weighted by Crippen LogP contribution is -2.51. The number of anilines is 2. The van der Waals surface area contributed by atoms with Gasteiger partial charge in [0.25, 0.3) is 0 Å². The Morgan fingerprint density at radius 3 is 2.56 bits per heavy atom. The third-order valence-electron chi connectivity index (χ3n) is 11.3. The number of piperidine rings is 1. The Labute approximate surface area is 293 Å². The highest BCUT2D eigenvalue weighted by Gasteiger charge is 2.51. The van der Waals surface area contributed by atoms with Crippen LogP contribution < -0.4 is 21.3 Å². The Morgan fingerprint density at radius 2 is 1.80 bits per heavy atom. The molecule has 1 aromatic heterocycles. The maximum atomic E-state index is 14.4. The molecule has 4 N–H and O–H groups in total. The van der Waals surface area contributed by atoms with Crippen molar-refractivity contribution in [2.45, 2.75) is 64.0 Å². The molecule has 7 rings (SSSR count). The van der Waals surface area contributed by atoms with E-state index in [1.54, 1.807) is 11.1 Å². The normalized spacial score (nSPS) is 21.8.